The van der Waals surface area contributed by atoms with Crippen LogP contribution in [0.4, 0.5) is 17.6 Å². The molecule has 1 nitrogen and oxygen atoms in total. The van der Waals surface area contributed by atoms with Gasteiger partial charge in [-0.15, -0.1) is 0 Å². The van der Waals surface area contributed by atoms with Gasteiger partial charge in [0.05, 0.1) is 6.61 Å². The molecule has 0 aromatic rings. The lowest BCUT2D eigenvalue weighted by molar-refractivity contribution is -0.188. The zero-order valence-corrected chi connectivity index (χ0v) is 18.6. The van der Waals surface area contributed by atoms with E-state index in [0.717, 1.165) is 55.6 Å². The number of allylic oxidation sites excluding steroid dienone is 4. The van der Waals surface area contributed by atoms with E-state index in [2.05, 4.69) is 6.92 Å². The van der Waals surface area contributed by atoms with Crippen LogP contribution in [0.3, 0.4) is 0 Å². The second-order valence-electron chi connectivity index (χ2n) is 9.78. The highest BCUT2D eigenvalue weighted by Crippen LogP contribution is 2.49. The Labute approximate surface area is 179 Å². The average Bonchev–Trinajstić information content (AvgIpc) is 2.73. The van der Waals surface area contributed by atoms with Crippen molar-refractivity contribution in [2.24, 2.45) is 23.7 Å². The predicted molar refractivity (Wildman–Crippen MR) is 113 cm³/mol. The summed E-state index contributed by atoms with van der Waals surface area (Å²) in [5.41, 5.74) is -0.503. The Kier molecular flexibility index (Phi) is 7.95. The number of ether oxygens (including phenoxy) is 1. The molecule has 0 radical (unpaired) electrons. The molecule has 0 bridgehead atoms. The molecule has 0 aliphatic heterocycles. The Morgan fingerprint density at radius 3 is 1.87 bits per heavy atom. The van der Waals surface area contributed by atoms with Crippen LogP contribution in [0.1, 0.15) is 90.9 Å². The molecule has 0 unspecified atom stereocenters. The molecule has 0 atom stereocenters. The van der Waals surface area contributed by atoms with Gasteiger partial charge < -0.3 is 4.74 Å². The van der Waals surface area contributed by atoms with Crippen molar-refractivity contribution < 1.29 is 22.3 Å². The quantitative estimate of drug-likeness (QED) is 0.352. The lowest BCUT2D eigenvalue weighted by atomic mass is 9.69. The van der Waals surface area contributed by atoms with Gasteiger partial charge in [-0.3, -0.25) is 0 Å². The first-order valence-corrected chi connectivity index (χ1v) is 12.1. The number of hydrogen-bond acceptors (Lipinski definition) is 1. The Hall–Kier alpha value is -1.00. The summed E-state index contributed by atoms with van der Waals surface area (Å²) < 4.78 is 62.6. The lowest BCUT2D eigenvalue weighted by Crippen LogP contribution is -2.46. The number of rotatable bonds is 8. The first-order valence-electron chi connectivity index (χ1n) is 12.1. The van der Waals surface area contributed by atoms with Crippen LogP contribution in [0.25, 0.3) is 0 Å². The van der Waals surface area contributed by atoms with Gasteiger partial charge in [-0.2, -0.15) is 17.6 Å². The molecule has 0 saturated heterocycles. The highest BCUT2D eigenvalue weighted by Gasteiger charge is 2.63. The van der Waals surface area contributed by atoms with Gasteiger partial charge >= 0.3 is 11.8 Å². The zero-order valence-electron chi connectivity index (χ0n) is 18.6. The first kappa shape index (κ1) is 23.7. The predicted octanol–water partition coefficient (Wildman–Crippen LogP) is 8.31. The fraction of sp³-hybridized carbons (Fsp3) is 0.840. The minimum Gasteiger partial charge on any atom is -0.491 e. The lowest BCUT2D eigenvalue weighted by Gasteiger charge is -2.38. The molecule has 3 aliphatic rings. The molecule has 3 rings (SSSR count). The fourth-order valence-corrected chi connectivity index (χ4v) is 5.78. The normalized spacial score (nSPS) is 33.5. The minimum atomic E-state index is -4.26. The van der Waals surface area contributed by atoms with Crippen molar-refractivity contribution in [1.29, 1.82) is 0 Å². The SMILES string of the molecule is CCCC1=CC=C(OCC2CCC(C3CCC(CCC)CC3)CC2)C(F)(F)C1(F)F. The molecule has 0 aromatic carbocycles. The van der Waals surface area contributed by atoms with E-state index in [9.17, 15) is 17.6 Å². The number of halogens is 4. The molecule has 3 aliphatic carbocycles. The summed E-state index contributed by atoms with van der Waals surface area (Å²) in [6, 6.07) is 0. The van der Waals surface area contributed by atoms with E-state index < -0.39 is 23.2 Å². The fourth-order valence-electron chi connectivity index (χ4n) is 5.78. The smallest absolute Gasteiger partial charge is 0.369 e. The van der Waals surface area contributed by atoms with Crippen molar-refractivity contribution in [2.75, 3.05) is 6.61 Å². The van der Waals surface area contributed by atoms with Crippen molar-refractivity contribution >= 4 is 0 Å². The molecular weight excluding hydrogens is 392 g/mol. The number of alkyl halides is 4. The average molecular weight is 431 g/mol. The standard InChI is InChI=1S/C25H38F4O/c1-3-5-18-7-11-20(12-8-18)21-13-9-19(10-14-21)17-30-23-16-15-22(6-4-2)24(26,27)25(23,28)29/h15-16,18-21H,3-14,17H2,1-2H3. The molecule has 2 fully saturated rings. The number of hydrogen-bond donors (Lipinski definition) is 0. The third-order valence-corrected chi connectivity index (χ3v) is 7.68. The molecule has 172 valence electrons. The molecule has 30 heavy (non-hydrogen) atoms. The molecule has 0 heterocycles. The maximum absolute atomic E-state index is 14.4. The van der Waals surface area contributed by atoms with Crippen LogP contribution < -0.4 is 0 Å². The van der Waals surface area contributed by atoms with E-state index in [-0.39, 0.29) is 18.9 Å². The van der Waals surface area contributed by atoms with Crippen LogP contribution in [0, 0.1) is 23.7 Å². The van der Waals surface area contributed by atoms with Crippen molar-refractivity contribution in [3.63, 3.8) is 0 Å². The summed E-state index contributed by atoms with van der Waals surface area (Å²) in [6.45, 7) is 4.08. The van der Waals surface area contributed by atoms with E-state index >= 15 is 0 Å². The van der Waals surface area contributed by atoms with Gasteiger partial charge in [0.2, 0.25) is 0 Å². The molecule has 0 aromatic heterocycles. The first-order chi connectivity index (χ1) is 14.3. The Morgan fingerprint density at radius 1 is 0.767 bits per heavy atom. The Bertz CT molecular complexity index is 609. The van der Waals surface area contributed by atoms with Crippen molar-refractivity contribution in [1.82, 2.24) is 0 Å². The van der Waals surface area contributed by atoms with E-state index in [1.807, 2.05) is 0 Å². The summed E-state index contributed by atoms with van der Waals surface area (Å²) >= 11 is 0. The third-order valence-electron chi connectivity index (χ3n) is 7.68. The van der Waals surface area contributed by atoms with Crippen LogP contribution in [0.15, 0.2) is 23.5 Å². The van der Waals surface area contributed by atoms with Gasteiger partial charge in [0, 0.05) is 5.57 Å². The van der Waals surface area contributed by atoms with Gasteiger partial charge in [-0.1, -0.05) is 52.0 Å². The third kappa shape index (κ3) is 5.07. The summed E-state index contributed by atoms with van der Waals surface area (Å²) in [4.78, 5) is 0. The summed E-state index contributed by atoms with van der Waals surface area (Å²) in [7, 11) is 0. The maximum Gasteiger partial charge on any atom is 0.369 e. The topological polar surface area (TPSA) is 9.23 Å². The van der Waals surface area contributed by atoms with E-state index in [4.69, 9.17) is 4.74 Å². The van der Waals surface area contributed by atoms with E-state index in [0.29, 0.717) is 6.42 Å². The van der Waals surface area contributed by atoms with Crippen LogP contribution in [0.5, 0.6) is 0 Å². The van der Waals surface area contributed by atoms with Gasteiger partial charge in [-0.25, -0.2) is 0 Å². The van der Waals surface area contributed by atoms with Crippen LogP contribution in [-0.4, -0.2) is 18.5 Å². The Balaban J connectivity index is 1.47. The van der Waals surface area contributed by atoms with Gasteiger partial charge in [0.15, 0.2) is 5.76 Å². The summed E-state index contributed by atoms with van der Waals surface area (Å²) in [5.74, 6) is -6.66. The van der Waals surface area contributed by atoms with Crippen LogP contribution in [0.2, 0.25) is 0 Å². The molecule has 0 amide bonds. The molecule has 5 heteroatoms. The van der Waals surface area contributed by atoms with Crippen molar-refractivity contribution in [3.8, 4) is 0 Å². The van der Waals surface area contributed by atoms with Gasteiger partial charge in [0.1, 0.15) is 0 Å². The Morgan fingerprint density at radius 2 is 1.33 bits per heavy atom. The second kappa shape index (κ2) is 10.1. The van der Waals surface area contributed by atoms with Crippen LogP contribution >= 0.6 is 0 Å². The maximum atomic E-state index is 14.4. The molecular formula is C25H38F4O. The van der Waals surface area contributed by atoms with Crippen molar-refractivity contribution in [2.45, 2.75) is 103 Å². The molecule has 0 N–H and O–H groups in total. The molecule has 0 spiro atoms. The minimum absolute atomic E-state index is 0.0310. The second-order valence-corrected chi connectivity index (χ2v) is 9.78. The molecule has 2 saturated carbocycles. The van der Waals surface area contributed by atoms with Gasteiger partial charge in [-0.05, 0) is 74.7 Å². The largest absolute Gasteiger partial charge is 0.491 e. The zero-order chi connectivity index (χ0) is 21.8. The van der Waals surface area contributed by atoms with E-state index in [1.54, 1.807) is 6.92 Å². The summed E-state index contributed by atoms with van der Waals surface area (Å²) in [5, 5.41) is 0. The van der Waals surface area contributed by atoms with E-state index in [1.165, 1.54) is 38.5 Å². The van der Waals surface area contributed by atoms with Gasteiger partial charge in [0.25, 0.3) is 0 Å². The highest BCUT2D eigenvalue weighted by molar-refractivity contribution is 5.35. The monoisotopic (exact) mass is 430 g/mol. The van der Waals surface area contributed by atoms with Crippen LogP contribution in [-0.2, 0) is 4.74 Å². The highest BCUT2D eigenvalue weighted by atomic mass is 19.3. The van der Waals surface area contributed by atoms with Crippen molar-refractivity contribution in [3.05, 3.63) is 23.5 Å². The summed E-state index contributed by atoms with van der Waals surface area (Å²) in [6.07, 6.45) is 14.7.